The molecule has 1 aromatic carbocycles. The molecule has 1 atom stereocenters. The van der Waals surface area contributed by atoms with E-state index in [4.69, 9.17) is 5.73 Å². The van der Waals surface area contributed by atoms with Crippen molar-refractivity contribution in [1.82, 2.24) is 14.2 Å². The number of sulfonamides is 1. The lowest BCUT2D eigenvalue weighted by molar-refractivity contribution is -0.133. The summed E-state index contributed by atoms with van der Waals surface area (Å²) < 4.78 is 27.5. The SMILES string of the molecule is Cc1cnc2c(S(=O)(=O)N3CCN(C(=O)[C@@H](C)N)CC3)cccc2c1. The number of fused-ring (bicyclic) bond motifs is 1. The summed E-state index contributed by atoms with van der Waals surface area (Å²) in [7, 11) is -3.67. The molecule has 1 aliphatic rings. The lowest BCUT2D eigenvalue weighted by atomic mass is 10.2. The number of nitrogens with two attached hydrogens (primary N) is 1. The van der Waals surface area contributed by atoms with Gasteiger partial charge in [-0.2, -0.15) is 4.31 Å². The Morgan fingerprint density at radius 3 is 2.56 bits per heavy atom. The van der Waals surface area contributed by atoms with Crippen molar-refractivity contribution < 1.29 is 13.2 Å². The minimum absolute atomic E-state index is 0.153. The van der Waals surface area contributed by atoms with Crippen LogP contribution >= 0.6 is 0 Å². The van der Waals surface area contributed by atoms with Gasteiger partial charge in [0.25, 0.3) is 0 Å². The largest absolute Gasteiger partial charge is 0.339 e. The number of piperazine rings is 1. The monoisotopic (exact) mass is 362 g/mol. The average Bonchev–Trinajstić information content (AvgIpc) is 2.60. The fourth-order valence-corrected chi connectivity index (χ4v) is 4.61. The summed E-state index contributed by atoms with van der Waals surface area (Å²) in [6.07, 6.45) is 1.67. The van der Waals surface area contributed by atoms with Crippen molar-refractivity contribution in [1.29, 1.82) is 0 Å². The lowest BCUT2D eigenvalue weighted by Crippen LogP contribution is -2.53. The van der Waals surface area contributed by atoms with Crippen LogP contribution in [0, 0.1) is 6.92 Å². The van der Waals surface area contributed by atoms with Gasteiger partial charge in [0.2, 0.25) is 15.9 Å². The molecule has 0 spiro atoms. The molecule has 7 nitrogen and oxygen atoms in total. The number of nitrogens with zero attached hydrogens (tertiary/aromatic N) is 3. The number of carbonyl (C=O) groups is 1. The van der Waals surface area contributed by atoms with Crippen molar-refractivity contribution in [3.63, 3.8) is 0 Å². The molecule has 25 heavy (non-hydrogen) atoms. The molecule has 2 heterocycles. The van der Waals surface area contributed by atoms with Crippen molar-refractivity contribution in [2.45, 2.75) is 24.8 Å². The molecule has 2 aromatic rings. The number of carbonyl (C=O) groups excluding carboxylic acids is 1. The van der Waals surface area contributed by atoms with Crippen LogP contribution in [0.3, 0.4) is 0 Å². The van der Waals surface area contributed by atoms with Gasteiger partial charge in [-0.15, -0.1) is 0 Å². The van der Waals surface area contributed by atoms with Gasteiger partial charge in [0.15, 0.2) is 0 Å². The van der Waals surface area contributed by atoms with Crippen LogP contribution in [-0.2, 0) is 14.8 Å². The molecule has 1 amide bonds. The summed E-state index contributed by atoms with van der Waals surface area (Å²) in [5.41, 5.74) is 7.07. The van der Waals surface area contributed by atoms with Crippen molar-refractivity contribution in [2.24, 2.45) is 5.73 Å². The molecule has 134 valence electrons. The van der Waals surface area contributed by atoms with Gasteiger partial charge in [0.05, 0.1) is 11.6 Å². The molecule has 0 bridgehead atoms. The van der Waals surface area contributed by atoms with Crippen molar-refractivity contribution in [3.8, 4) is 0 Å². The van der Waals surface area contributed by atoms with E-state index in [2.05, 4.69) is 4.98 Å². The summed E-state index contributed by atoms with van der Waals surface area (Å²) in [6, 6.07) is 6.51. The second-order valence-corrected chi connectivity index (χ2v) is 8.26. The maximum Gasteiger partial charge on any atom is 0.245 e. The van der Waals surface area contributed by atoms with Gasteiger partial charge in [-0.05, 0) is 31.5 Å². The second-order valence-electron chi connectivity index (χ2n) is 6.36. The van der Waals surface area contributed by atoms with Crippen molar-refractivity contribution in [3.05, 3.63) is 36.0 Å². The van der Waals surface area contributed by atoms with Gasteiger partial charge in [-0.25, -0.2) is 8.42 Å². The summed E-state index contributed by atoms with van der Waals surface area (Å²) in [6.45, 7) is 4.75. The number of hydrogen-bond acceptors (Lipinski definition) is 5. The quantitative estimate of drug-likeness (QED) is 0.868. The second kappa shape index (κ2) is 6.70. The normalized spacial score (nSPS) is 17.6. The summed E-state index contributed by atoms with van der Waals surface area (Å²) in [5, 5.41) is 0.798. The van der Waals surface area contributed by atoms with E-state index in [1.54, 1.807) is 30.2 Å². The first-order valence-electron chi connectivity index (χ1n) is 8.20. The summed E-state index contributed by atoms with van der Waals surface area (Å²) >= 11 is 0. The first-order valence-corrected chi connectivity index (χ1v) is 9.64. The molecular formula is C17H22N4O3S. The van der Waals surface area contributed by atoms with Crippen LogP contribution < -0.4 is 5.73 Å². The Labute approximate surface area is 147 Å². The van der Waals surface area contributed by atoms with Gasteiger partial charge in [0, 0.05) is 37.8 Å². The van der Waals surface area contributed by atoms with Crippen LogP contribution in [-0.4, -0.2) is 60.7 Å². The number of pyridine rings is 1. The molecule has 0 radical (unpaired) electrons. The molecule has 0 unspecified atom stereocenters. The number of rotatable bonds is 3. The van der Waals surface area contributed by atoms with E-state index in [-0.39, 0.29) is 23.9 Å². The first-order chi connectivity index (χ1) is 11.8. The molecule has 2 N–H and O–H groups in total. The maximum atomic E-state index is 13.1. The lowest BCUT2D eigenvalue weighted by Gasteiger charge is -2.34. The van der Waals surface area contributed by atoms with E-state index in [1.165, 1.54) is 4.31 Å². The Bertz CT molecular complexity index is 903. The summed E-state index contributed by atoms with van der Waals surface area (Å²) in [4.78, 5) is 18.1. The third-order valence-electron chi connectivity index (χ3n) is 4.37. The van der Waals surface area contributed by atoms with E-state index in [0.717, 1.165) is 10.9 Å². The highest BCUT2D eigenvalue weighted by Gasteiger charge is 2.32. The first kappa shape index (κ1) is 17.8. The zero-order chi connectivity index (χ0) is 18.2. The smallest absolute Gasteiger partial charge is 0.245 e. The molecule has 1 aliphatic heterocycles. The number of amides is 1. The minimum atomic E-state index is -3.67. The number of hydrogen-bond donors (Lipinski definition) is 1. The highest BCUT2D eigenvalue weighted by molar-refractivity contribution is 7.89. The van der Waals surface area contributed by atoms with Gasteiger partial charge >= 0.3 is 0 Å². The van der Waals surface area contributed by atoms with E-state index in [0.29, 0.717) is 18.6 Å². The predicted molar refractivity (Wildman–Crippen MR) is 95.5 cm³/mol. The van der Waals surface area contributed by atoms with Crippen molar-refractivity contribution >= 4 is 26.8 Å². The zero-order valence-electron chi connectivity index (χ0n) is 14.3. The predicted octanol–water partition coefficient (Wildman–Crippen LogP) is 0.723. The van der Waals surface area contributed by atoms with Crippen LogP contribution in [0.25, 0.3) is 10.9 Å². The van der Waals surface area contributed by atoms with Gasteiger partial charge < -0.3 is 10.6 Å². The standard InChI is InChI=1S/C17H22N4O3S/c1-12-10-14-4-3-5-15(16(14)19-11-12)25(23,24)21-8-6-20(7-9-21)17(22)13(2)18/h3-5,10-11,13H,6-9,18H2,1-2H3/t13-/m1/s1. The fraction of sp³-hybridized carbons (Fsp3) is 0.412. The van der Waals surface area contributed by atoms with Gasteiger partial charge in [-0.1, -0.05) is 12.1 Å². The molecule has 1 saturated heterocycles. The average molecular weight is 362 g/mol. The number of benzene rings is 1. The fourth-order valence-electron chi connectivity index (χ4n) is 3.03. The minimum Gasteiger partial charge on any atom is -0.339 e. The molecule has 0 aliphatic carbocycles. The third-order valence-corrected chi connectivity index (χ3v) is 6.30. The van der Waals surface area contributed by atoms with Gasteiger partial charge in [-0.3, -0.25) is 9.78 Å². The van der Waals surface area contributed by atoms with Crippen LogP contribution in [0.15, 0.2) is 35.4 Å². The van der Waals surface area contributed by atoms with Crippen LogP contribution in [0.5, 0.6) is 0 Å². The molecule has 3 rings (SSSR count). The van der Waals surface area contributed by atoms with Crippen LogP contribution in [0.4, 0.5) is 0 Å². The van der Waals surface area contributed by atoms with Crippen molar-refractivity contribution in [2.75, 3.05) is 26.2 Å². The third kappa shape index (κ3) is 3.37. The Balaban J connectivity index is 1.88. The topological polar surface area (TPSA) is 96.6 Å². The number of aromatic nitrogens is 1. The Hall–Kier alpha value is -2.03. The van der Waals surface area contributed by atoms with Crippen LogP contribution in [0.1, 0.15) is 12.5 Å². The molecule has 1 aromatic heterocycles. The highest BCUT2D eigenvalue weighted by Crippen LogP contribution is 2.25. The van der Waals surface area contributed by atoms with E-state index in [1.807, 2.05) is 19.1 Å². The Morgan fingerprint density at radius 1 is 1.24 bits per heavy atom. The molecular weight excluding hydrogens is 340 g/mol. The number of aryl methyl sites for hydroxylation is 1. The van der Waals surface area contributed by atoms with E-state index < -0.39 is 16.1 Å². The number of para-hydroxylation sites is 1. The molecule has 8 heteroatoms. The molecule has 0 saturated carbocycles. The Morgan fingerprint density at radius 2 is 1.92 bits per heavy atom. The zero-order valence-corrected chi connectivity index (χ0v) is 15.2. The maximum absolute atomic E-state index is 13.1. The van der Waals surface area contributed by atoms with Crippen LogP contribution in [0.2, 0.25) is 0 Å². The van der Waals surface area contributed by atoms with Gasteiger partial charge in [0.1, 0.15) is 4.90 Å². The van der Waals surface area contributed by atoms with E-state index in [9.17, 15) is 13.2 Å². The Kier molecular flexibility index (Phi) is 4.77. The highest BCUT2D eigenvalue weighted by atomic mass is 32.2. The van der Waals surface area contributed by atoms with E-state index >= 15 is 0 Å². The summed E-state index contributed by atoms with van der Waals surface area (Å²) in [5.74, 6) is -0.153. The molecule has 1 fully saturated rings.